The Morgan fingerprint density at radius 1 is 1.17 bits per heavy atom. The number of benzene rings is 1. The fourth-order valence-electron chi connectivity index (χ4n) is 3.00. The van der Waals surface area contributed by atoms with Crippen LogP contribution in [0.3, 0.4) is 0 Å². The molecule has 29 heavy (non-hydrogen) atoms. The first-order valence-electron chi connectivity index (χ1n) is 8.77. The van der Waals surface area contributed by atoms with E-state index in [0.717, 1.165) is 12.1 Å². The Balaban J connectivity index is 1.63. The molecule has 1 aliphatic heterocycles. The average Bonchev–Trinajstić information content (AvgIpc) is 2.67. The highest BCUT2D eigenvalue weighted by atomic mass is 19.4. The third-order valence-electron chi connectivity index (χ3n) is 4.41. The summed E-state index contributed by atoms with van der Waals surface area (Å²) in [6, 6.07) is 3.55. The molecule has 3 amide bonds. The van der Waals surface area contributed by atoms with Crippen LogP contribution in [-0.4, -0.2) is 51.2 Å². The van der Waals surface area contributed by atoms with E-state index in [2.05, 4.69) is 20.6 Å². The van der Waals surface area contributed by atoms with E-state index in [-0.39, 0.29) is 18.4 Å². The van der Waals surface area contributed by atoms with Crippen molar-refractivity contribution in [3.8, 4) is 11.3 Å². The Kier molecular flexibility index (Phi) is 5.85. The first-order chi connectivity index (χ1) is 13.7. The minimum absolute atomic E-state index is 0.116. The van der Waals surface area contributed by atoms with Crippen LogP contribution in [0.15, 0.2) is 36.7 Å². The van der Waals surface area contributed by atoms with Gasteiger partial charge in [-0.3, -0.25) is 10.3 Å². The number of hydrogen-bond acceptors (Lipinski definition) is 4. The topological polar surface area (TPSA) is 107 Å². The van der Waals surface area contributed by atoms with Crippen LogP contribution >= 0.6 is 0 Å². The molecular formula is C18H18F3N5O3. The predicted molar refractivity (Wildman–Crippen MR) is 97.2 cm³/mol. The number of amides is 3. The van der Waals surface area contributed by atoms with Crippen LogP contribution < -0.4 is 10.6 Å². The number of halogens is 3. The van der Waals surface area contributed by atoms with Crippen LogP contribution in [0.4, 0.5) is 28.6 Å². The van der Waals surface area contributed by atoms with E-state index in [4.69, 9.17) is 5.11 Å². The first-order valence-corrected chi connectivity index (χ1v) is 8.77. The van der Waals surface area contributed by atoms with Gasteiger partial charge in [0.05, 0.1) is 23.7 Å². The number of nitrogens with one attached hydrogen (secondary N) is 2. The summed E-state index contributed by atoms with van der Waals surface area (Å²) in [4.78, 5) is 32.6. The number of anilines is 1. The van der Waals surface area contributed by atoms with E-state index < -0.39 is 23.9 Å². The molecule has 1 saturated heterocycles. The van der Waals surface area contributed by atoms with Gasteiger partial charge in [-0.25, -0.2) is 14.6 Å². The molecule has 0 aliphatic carbocycles. The maximum absolute atomic E-state index is 12.7. The SMILES string of the molecule is O=C(Nc1cncc(-c2ccc(C(F)(F)F)cc2)n1)N[C@H]1CCCN(C(=O)O)C1. The summed E-state index contributed by atoms with van der Waals surface area (Å²) in [7, 11) is 0. The zero-order valence-electron chi connectivity index (χ0n) is 15.1. The minimum atomic E-state index is -4.43. The fourth-order valence-corrected chi connectivity index (χ4v) is 3.00. The van der Waals surface area contributed by atoms with Crippen molar-refractivity contribution in [1.29, 1.82) is 0 Å². The lowest BCUT2D eigenvalue weighted by Crippen LogP contribution is -2.50. The molecule has 0 unspecified atom stereocenters. The molecule has 1 fully saturated rings. The van der Waals surface area contributed by atoms with Gasteiger partial charge in [-0.15, -0.1) is 0 Å². The van der Waals surface area contributed by atoms with Crippen molar-refractivity contribution >= 4 is 17.9 Å². The van der Waals surface area contributed by atoms with Gasteiger partial charge in [-0.1, -0.05) is 12.1 Å². The van der Waals surface area contributed by atoms with Gasteiger partial charge in [0.15, 0.2) is 5.82 Å². The summed E-state index contributed by atoms with van der Waals surface area (Å²) in [6.45, 7) is 0.621. The molecule has 2 aromatic rings. The Morgan fingerprint density at radius 3 is 2.55 bits per heavy atom. The molecule has 11 heteroatoms. The third kappa shape index (κ3) is 5.33. The largest absolute Gasteiger partial charge is 0.465 e. The third-order valence-corrected chi connectivity index (χ3v) is 4.41. The summed E-state index contributed by atoms with van der Waals surface area (Å²) in [5.74, 6) is 0.116. The van der Waals surface area contributed by atoms with Crippen LogP contribution in [0.5, 0.6) is 0 Å². The number of urea groups is 1. The molecule has 3 N–H and O–H groups in total. The van der Waals surface area contributed by atoms with Crippen molar-refractivity contribution in [2.75, 3.05) is 18.4 Å². The molecule has 1 atom stereocenters. The minimum Gasteiger partial charge on any atom is -0.465 e. The van der Waals surface area contributed by atoms with Crippen molar-refractivity contribution in [2.45, 2.75) is 25.1 Å². The van der Waals surface area contributed by atoms with Crippen molar-refractivity contribution in [1.82, 2.24) is 20.2 Å². The van der Waals surface area contributed by atoms with Crippen LogP contribution in [0.2, 0.25) is 0 Å². The number of likely N-dealkylation sites (tertiary alicyclic amines) is 1. The molecule has 8 nitrogen and oxygen atoms in total. The number of carbonyl (C=O) groups is 2. The highest BCUT2D eigenvalue weighted by molar-refractivity contribution is 5.88. The number of carbonyl (C=O) groups excluding carboxylic acids is 1. The predicted octanol–water partition coefficient (Wildman–Crippen LogP) is 3.43. The van der Waals surface area contributed by atoms with Crippen LogP contribution in [0.25, 0.3) is 11.3 Å². The standard InChI is InChI=1S/C18H18F3N5O3/c19-18(20,21)12-5-3-11(4-6-12)14-8-22-9-15(24-14)25-16(27)23-13-2-1-7-26(10-13)17(28)29/h3-6,8-9,13H,1-2,7,10H2,(H,28,29)(H2,23,24,25,27)/t13-/m0/s1. The maximum Gasteiger partial charge on any atom is 0.416 e. The van der Waals surface area contributed by atoms with E-state index in [0.29, 0.717) is 30.6 Å². The monoisotopic (exact) mass is 409 g/mol. The van der Waals surface area contributed by atoms with Crippen molar-refractivity contribution in [2.24, 2.45) is 0 Å². The molecule has 0 bridgehead atoms. The summed E-state index contributed by atoms with van der Waals surface area (Å²) in [5.41, 5.74) is -0.0593. The van der Waals surface area contributed by atoms with Crippen molar-refractivity contribution in [3.63, 3.8) is 0 Å². The van der Waals surface area contributed by atoms with Gasteiger partial charge in [0, 0.05) is 24.7 Å². The van der Waals surface area contributed by atoms with Gasteiger partial charge >= 0.3 is 18.3 Å². The van der Waals surface area contributed by atoms with Gasteiger partial charge in [0.25, 0.3) is 0 Å². The summed E-state index contributed by atoms with van der Waals surface area (Å²) < 4.78 is 38.0. The van der Waals surface area contributed by atoms with Crippen molar-refractivity contribution in [3.05, 3.63) is 42.2 Å². The van der Waals surface area contributed by atoms with E-state index in [1.165, 1.54) is 29.4 Å². The molecule has 1 aromatic heterocycles. The van der Waals surface area contributed by atoms with Gasteiger partial charge in [-0.05, 0) is 25.0 Å². The summed E-state index contributed by atoms with van der Waals surface area (Å²) in [5, 5.41) is 14.2. The summed E-state index contributed by atoms with van der Waals surface area (Å²) >= 11 is 0. The number of hydrogen-bond donors (Lipinski definition) is 3. The maximum atomic E-state index is 12.7. The molecule has 3 rings (SSSR count). The molecule has 1 aromatic carbocycles. The Hall–Kier alpha value is -3.37. The lowest BCUT2D eigenvalue weighted by Gasteiger charge is -2.31. The summed E-state index contributed by atoms with van der Waals surface area (Å²) in [6.07, 6.45) is -1.50. The lowest BCUT2D eigenvalue weighted by molar-refractivity contribution is -0.137. The van der Waals surface area contributed by atoms with Crippen LogP contribution in [0, 0.1) is 0 Å². The second-order valence-corrected chi connectivity index (χ2v) is 6.53. The van der Waals surface area contributed by atoms with Gasteiger partial charge in [0.2, 0.25) is 0 Å². The Bertz CT molecular complexity index is 889. The number of alkyl halides is 3. The van der Waals surface area contributed by atoms with E-state index >= 15 is 0 Å². The second kappa shape index (κ2) is 8.33. The fraction of sp³-hybridized carbons (Fsp3) is 0.333. The first kappa shape index (κ1) is 20.4. The van der Waals surface area contributed by atoms with Crippen LogP contribution in [-0.2, 0) is 6.18 Å². The number of aromatic nitrogens is 2. The number of piperidine rings is 1. The van der Waals surface area contributed by atoms with Gasteiger partial charge in [-0.2, -0.15) is 13.2 Å². The smallest absolute Gasteiger partial charge is 0.416 e. The molecule has 0 saturated carbocycles. The number of nitrogens with zero attached hydrogens (tertiary/aromatic N) is 3. The van der Waals surface area contributed by atoms with Gasteiger partial charge < -0.3 is 15.3 Å². The molecule has 2 heterocycles. The number of carboxylic acid groups (broad SMARTS) is 1. The molecular weight excluding hydrogens is 391 g/mol. The van der Waals surface area contributed by atoms with Crippen LogP contribution in [0.1, 0.15) is 18.4 Å². The number of rotatable bonds is 3. The average molecular weight is 409 g/mol. The highest BCUT2D eigenvalue weighted by Crippen LogP contribution is 2.30. The quantitative estimate of drug-likeness (QED) is 0.720. The van der Waals surface area contributed by atoms with Gasteiger partial charge in [0.1, 0.15) is 0 Å². The molecule has 0 radical (unpaired) electrons. The zero-order valence-corrected chi connectivity index (χ0v) is 15.1. The molecule has 1 aliphatic rings. The Labute approximate surface area is 163 Å². The Morgan fingerprint density at radius 2 is 1.90 bits per heavy atom. The molecule has 154 valence electrons. The second-order valence-electron chi connectivity index (χ2n) is 6.53. The lowest BCUT2D eigenvalue weighted by atomic mass is 10.1. The zero-order chi connectivity index (χ0) is 21.0. The van der Waals surface area contributed by atoms with E-state index in [9.17, 15) is 22.8 Å². The van der Waals surface area contributed by atoms with E-state index in [1.807, 2.05) is 0 Å². The van der Waals surface area contributed by atoms with Crippen molar-refractivity contribution < 1.29 is 27.9 Å². The molecule has 0 spiro atoms. The highest BCUT2D eigenvalue weighted by Gasteiger charge is 2.30. The van der Waals surface area contributed by atoms with E-state index in [1.54, 1.807) is 0 Å². The normalized spacial score (nSPS) is 16.9.